The molecule has 1 unspecified atom stereocenters. The Morgan fingerprint density at radius 1 is 1.38 bits per heavy atom. The molecule has 1 aromatic rings. The van der Waals surface area contributed by atoms with Crippen LogP contribution in [0.2, 0.25) is 0 Å². The van der Waals surface area contributed by atoms with Gasteiger partial charge in [0.05, 0.1) is 5.69 Å². The fraction of sp³-hybridized carbons (Fsp3) is 0.400. The number of carbonyl (C=O) groups excluding carboxylic acids is 1. The predicted molar refractivity (Wildman–Crippen MR) is 80.2 cm³/mol. The van der Waals surface area contributed by atoms with Crippen molar-refractivity contribution in [1.29, 1.82) is 0 Å². The van der Waals surface area contributed by atoms with Crippen LogP contribution in [0.3, 0.4) is 0 Å². The Bertz CT molecular complexity index is 555. The van der Waals surface area contributed by atoms with Gasteiger partial charge in [-0.2, -0.15) is 5.10 Å². The summed E-state index contributed by atoms with van der Waals surface area (Å²) < 4.78 is 0. The minimum absolute atomic E-state index is 0.105. The van der Waals surface area contributed by atoms with Crippen molar-refractivity contribution in [3.63, 3.8) is 0 Å². The van der Waals surface area contributed by atoms with Crippen molar-refractivity contribution in [2.45, 2.75) is 26.3 Å². The summed E-state index contributed by atoms with van der Waals surface area (Å²) in [7, 11) is 0. The summed E-state index contributed by atoms with van der Waals surface area (Å²) in [5, 5.41) is 17.7. The van der Waals surface area contributed by atoms with Crippen molar-refractivity contribution in [1.82, 2.24) is 5.32 Å². The van der Waals surface area contributed by atoms with Crippen LogP contribution in [0.25, 0.3) is 0 Å². The first-order valence-corrected chi connectivity index (χ1v) is 6.91. The van der Waals surface area contributed by atoms with Crippen molar-refractivity contribution in [2.75, 3.05) is 11.6 Å². The molecule has 0 saturated heterocycles. The van der Waals surface area contributed by atoms with Crippen LogP contribution in [0.15, 0.2) is 35.4 Å². The van der Waals surface area contributed by atoms with Crippen molar-refractivity contribution in [3.8, 4) is 0 Å². The Balaban J connectivity index is 2.17. The molecule has 1 aliphatic rings. The van der Waals surface area contributed by atoms with E-state index in [1.54, 1.807) is 24.3 Å². The third-order valence-corrected chi connectivity index (χ3v) is 3.15. The number of carbonyl (C=O) groups is 2. The van der Waals surface area contributed by atoms with Crippen molar-refractivity contribution in [2.24, 2.45) is 11.0 Å². The second-order valence-electron chi connectivity index (χ2n) is 5.39. The molecule has 0 bridgehead atoms. The molecule has 1 atom stereocenters. The zero-order chi connectivity index (χ0) is 15.4. The molecule has 1 aliphatic heterocycles. The van der Waals surface area contributed by atoms with E-state index in [1.807, 2.05) is 19.9 Å². The average molecular weight is 289 g/mol. The number of nitrogens with one attached hydrogen (secondary N) is 1. The van der Waals surface area contributed by atoms with Gasteiger partial charge < -0.3 is 10.4 Å². The summed E-state index contributed by atoms with van der Waals surface area (Å²) in [5.74, 6) is -0.959. The van der Waals surface area contributed by atoms with Gasteiger partial charge in [-0.15, -0.1) is 0 Å². The van der Waals surface area contributed by atoms with Crippen LogP contribution in [0.1, 0.15) is 20.3 Å². The number of para-hydroxylation sites is 1. The zero-order valence-corrected chi connectivity index (χ0v) is 12.1. The number of hydrogen-bond acceptors (Lipinski definition) is 4. The van der Waals surface area contributed by atoms with Crippen LogP contribution in [0, 0.1) is 5.92 Å². The third kappa shape index (κ3) is 3.59. The lowest BCUT2D eigenvalue weighted by Gasteiger charge is -2.19. The molecule has 0 aromatic heterocycles. The maximum Gasteiger partial charge on any atom is 0.328 e. The summed E-state index contributed by atoms with van der Waals surface area (Å²) in [4.78, 5) is 23.4. The highest BCUT2D eigenvalue weighted by Crippen LogP contribution is 2.24. The van der Waals surface area contributed by atoms with E-state index in [0.717, 1.165) is 0 Å². The van der Waals surface area contributed by atoms with Gasteiger partial charge in [0.15, 0.2) is 6.04 Å². The second-order valence-corrected chi connectivity index (χ2v) is 5.39. The Labute approximate surface area is 123 Å². The number of carboxylic acids is 1. The van der Waals surface area contributed by atoms with E-state index in [2.05, 4.69) is 10.4 Å². The first-order valence-electron chi connectivity index (χ1n) is 6.91. The van der Waals surface area contributed by atoms with E-state index in [0.29, 0.717) is 18.2 Å². The van der Waals surface area contributed by atoms with Crippen molar-refractivity contribution < 1.29 is 14.7 Å². The monoisotopic (exact) mass is 289 g/mol. The summed E-state index contributed by atoms with van der Waals surface area (Å²) >= 11 is 0. The lowest BCUT2D eigenvalue weighted by atomic mass is 10.1. The SMILES string of the molecule is CC(C)CNC(=O)C1=NN(c2ccccc2)C(C(=O)O)C1. The summed E-state index contributed by atoms with van der Waals surface area (Å²) in [5.41, 5.74) is 0.920. The van der Waals surface area contributed by atoms with Gasteiger partial charge in [-0.3, -0.25) is 9.80 Å². The topological polar surface area (TPSA) is 82.0 Å². The van der Waals surface area contributed by atoms with Gasteiger partial charge in [0.2, 0.25) is 0 Å². The number of anilines is 1. The van der Waals surface area contributed by atoms with Gasteiger partial charge in [-0.05, 0) is 18.1 Å². The molecular formula is C15H19N3O3. The van der Waals surface area contributed by atoms with Crippen LogP contribution in [-0.2, 0) is 9.59 Å². The first kappa shape index (κ1) is 15.0. The number of rotatable bonds is 5. The molecule has 1 aromatic carbocycles. The number of carboxylic acid groups (broad SMARTS) is 1. The van der Waals surface area contributed by atoms with Gasteiger partial charge in [0.25, 0.3) is 5.91 Å². The zero-order valence-electron chi connectivity index (χ0n) is 12.1. The highest BCUT2D eigenvalue weighted by Gasteiger charge is 2.35. The van der Waals surface area contributed by atoms with Gasteiger partial charge >= 0.3 is 5.97 Å². The molecule has 112 valence electrons. The summed E-state index contributed by atoms with van der Waals surface area (Å²) in [6.45, 7) is 4.53. The van der Waals surface area contributed by atoms with Gasteiger partial charge in [0.1, 0.15) is 5.71 Å². The van der Waals surface area contributed by atoms with E-state index in [1.165, 1.54) is 5.01 Å². The second kappa shape index (κ2) is 6.39. The smallest absolute Gasteiger partial charge is 0.328 e. The van der Waals surface area contributed by atoms with E-state index in [-0.39, 0.29) is 18.0 Å². The van der Waals surface area contributed by atoms with E-state index in [4.69, 9.17) is 0 Å². The molecule has 0 radical (unpaired) electrons. The van der Waals surface area contributed by atoms with Crippen LogP contribution < -0.4 is 10.3 Å². The third-order valence-electron chi connectivity index (χ3n) is 3.15. The fourth-order valence-electron chi connectivity index (χ4n) is 2.06. The number of aliphatic carboxylic acids is 1. The largest absolute Gasteiger partial charge is 0.480 e. The van der Waals surface area contributed by atoms with Crippen LogP contribution in [0.5, 0.6) is 0 Å². The van der Waals surface area contributed by atoms with E-state index < -0.39 is 12.0 Å². The molecule has 0 aliphatic carbocycles. The highest BCUT2D eigenvalue weighted by atomic mass is 16.4. The number of amides is 1. The van der Waals surface area contributed by atoms with E-state index in [9.17, 15) is 14.7 Å². The molecule has 21 heavy (non-hydrogen) atoms. The number of hydrogen-bond donors (Lipinski definition) is 2. The Morgan fingerprint density at radius 2 is 2.05 bits per heavy atom. The molecular weight excluding hydrogens is 270 g/mol. The fourth-order valence-corrected chi connectivity index (χ4v) is 2.06. The number of hydrazone groups is 1. The molecule has 0 saturated carbocycles. The van der Waals surface area contributed by atoms with E-state index >= 15 is 0 Å². The Morgan fingerprint density at radius 3 is 2.62 bits per heavy atom. The number of nitrogens with zero attached hydrogens (tertiary/aromatic N) is 2. The molecule has 1 amide bonds. The lowest BCUT2D eigenvalue weighted by molar-refractivity contribution is -0.138. The molecule has 1 heterocycles. The maximum atomic E-state index is 12.0. The normalized spacial score (nSPS) is 17.8. The minimum atomic E-state index is -0.991. The van der Waals surface area contributed by atoms with Crippen LogP contribution >= 0.6 is 0 Å². The first-order chi connectivity index (χ1) is 9.99. The molecule has 2 rings (SSSR count). The molecule has 0 spiro atoms. The summed E-state index contributed by atoms with van der Waals surface area (Å²) in [6.07, 6.45) is 0.105. The maximum absolute atomic E-state index is 12.0. The summed E-state index contributed by atoms with van der Waals surface area (Å²) in [6, 6.07) is 8.16. The van der Waals surface area contributed by atoms with Crippen molar-refractivity contribution >= 4 is 23.3 Å². The quantitative estimate of drug-likeness (QED) is 0.860. The average Bonchev–Trinajstić information content (AvgIpc) is 2.91. The Hall–Kier alpha value is -2.37. The standard InChI is InChI=1S/C15H19N3O3/c1-10(2)9-16-14(19)12-8-13(15(20)21)18(17-12)11-6-4-3-5-7-11/h3-7,10,13H,8-9H2,1-2H3,(H,16,19)(H,20,21). The molecule has 6 nitrogen and oxygen atoms in total. The predicted octanol–water partition coefficient (Wildman–Crippen LogP) is 1.48. The van der Waals surface area contributed by atoms with Crippen molar-refractivity contribution in [3.05, 3.63) is 30.3 Å². The number of benzene rings is 1. The van der Waals surface area contributed by atoms with Gasteiger partial charge in [0, 0.05) is 13.0 Å². The van der Waals surface area contributed by atoms with Crippen LogP contribution in [0.4, 0.5) is 5.69 Å². The van der Waals surface area contributed by atoms with Gasteiger partial charge in [-0.25, -0.2) is 4.79 Å². The highest BCUT2D eigenvalue weighted by molar-refractivity contribution is 6.40. The molecule has 2 N–H and O–H groups in total. The lowest BCUT2D eigenvalue weighted by Crippen LogP contribution is -2.36. The van der Waals surface area contributed by atoms with Gasteiger partial charge in [-0.1, -0.05) is 32.0 Å². The molecule has 6 heteroatoms. The Kier molecular flexibility index (Phi) is 4.57. The minimum Gasteiger partial charge on any atom is -0.480 e. The molecule has 0 fully saturated rings. The van der Waals surface area contributed by atoms with Crippen LogP contribution in [-0.4, -0.2) is 35.3 Å².